The average molecular weight is 224 g/mol. The molecule has 16 heavy (non-hydrogen) atoms. The van der Waals surface area contributed by atoms with Crippen LogP contribution in [0.3, 0.4) is 0 Å². The van der Waals surface area contributed by atoms with Crippen LogP contribution in [0.5, 0.6) is 0 Å². The molecule has 0 heterocycles. The highest BCUT2D eigenvalue weighted by atomic mass is 16.3. The molecule has 1 atom stereocenters. The van der Waals surface area contributed by atoms with Crippen molar-refractivity contribution in [3.05, 3.63) is 24.3 Å². The first-order chi connectivity index (χ1) is 7.37. The molecule has 0 aliphatic heterocycles. The summed E-state index contributed by atoms with van der Waals surface area (Å²) in [6.07, 6.45) is 8.00. The normalized spacial score (nSPS) is 15.6. The zero-order valence-corrected chi connectivity index (χ0v) is 10.8. The minimum absolute atomic E-state index is 0.211. The van der Waals surface area contributed by atoms with Crippen molar-refractivity contribution in [2.45, 2.75) is 58.5 Å². The van der Waals surface area contributed by atoms with E-state index in [1.54, 1.807) is 19.9 Å². The molecule has 0 aromatic rings. The zero-order chi connectivity index (χ0) is 12.6. The zero-order valence-electron chi connectivity index (χ0n) is 10.8. The number of carbonyl (C=O) groups is 1. The Kier molecular flexibility index (Phi) is 6.98. The number of Topliss-reactive ketones (excluding diaryl/α,β-unsaturated/α-hetero) is 1. The fraction of sp³-hybridized carbons (Fsp3) is 0.643. The predicted octanol–water partition coefficient (Wildman–Crippen LogP) is 3.41. The summed E-state index contributed by atoms with van der Waals surface area (Å²) >= 11 is 0. The number of aliphatic hydroxyl groups is 1. The van der Waals surface area contributed by atoms with Crippen molar-refractivity contribution < 1.29 is 9.90 Å². The van der Waals surface area contributed by atoms with Crippen molar-refractivity contribution in [1.29, 1.82) is 0 Å². The van der Waals surface area contributed by atoms with Crippen molar-refractivity contribution in [2.75, 3.05) is 0 Å². The van der Waals surface area contributed by atoms with Gasteiger partial charge in [-0.1, -0.05) is 17.7 Å². The molecule has 0 aliphatic rings. The molecule has 0 rings (SSSR count). The lowest BCUT2D eigenvalue weighted by Crippen LogP contribution is -2.19. The van der Waals surface area contributed by atoms with Crippen molar-refractivity contribution >= 4 is 5.78 Å². The molecular weight excluding hydrogens is 200 g/mol. The Balaban J connectivity index is 3.68. The number of hydrogen-bond acceptors (Lipinski definition) is 2. The van der Waals surface area contributed by atoms with Gasteiger partial charge in [0.15, 0.2) is 0 Å². The van der Waals surface area contributed by atoms with Crippen LogP contribution in [0, 0.1) is 0 Å². The van der Waals surface area contributed by atoms with Gasteiger partial charge in [-0.05, 0) is 46.5 Å². The van der Waals surface area contributed by atoms with Crippen molar-refractivity contribution in [1.82, 2.24) is 0 Å². The fourth-order valence-corrected chi connectivity index (χ4v) is 1.54. The first-order valence-electron chi connectivity index (χ1n) is 5.88. The molecule has 0 amide bonds. The Bertz CT molecular complexity index is 262. The molecule has 92 valence electrons. The Hall–Kier alpha value is -0.890. The van der Waals surface area contributed by atoms with Gasteiger partial charge < -0.3 is 5.11 Å². The van der Waals surface area contributed by atoms with Crippen molar-refractivity contribution in [2.24, 2.45) is 0 Å². The van der Waals surface area contributed by atoms with E-state index >= 15 is 0 Å². The van der Waals surface area contributed by atoms with Crippen molar-refractivity contribution in [3.8, 4) is 0 Å². The average Bonchev–Trinajstić information content (AvgIpc) is 2.16. The van der Waals surface area contributed by atoms with Crippen LogP contribution in [0.2, 0.25) is 0 Å². The number of ketones is 1. The van der Waals surface area contributed by atoms with Crippen LogP contribution in [0.15, 0.2) is 24.3 Å². The van der Waals surface area contributed by atoms with Gasteiger partial charge in [-0.2, -0.15) is 0 Å². The van der Waals surface area contributed by atoms with Crippen LogP contribution in [-0.2, 0) is 4.79 Å². The summed E-state index contributed by atoms with van der Waals surface area (Å²) in [7, 11) is 0. The number of allylic oxidation sites excluding steroid dienone is 2. The number of carbonyl (C=O) groups excluding carboxylic acids is 1. The van der Waals surface area contributed by atoms with Gasteiger partial charge in [-0.15, -0.1) is 6.58 Å². The third-order valence-corrected chi connectivity index (χ3v) is 2.60. The van der Waals surface area contributed by atoms with E-state index in [0.717, 1.165) is 31.3 Å². The molecule has 0 bridgehead atoms. The second kappa shape index (κ2) is 7.39. The highest BCUT2D eigenvalue weighted by Gasteiger charge is 2.13. The van der Waals surface area contributed by atoms with Crippen molar-refractivity contribution in [3.63, 3.8) is 0 Å². The minimum Gasteiger partial charge on any atom is -0.386 e. The third kappa shape index (κ3) is 8.42. The summed E-state index contributed by atoms with van der Waals surface area (Å²) in [5.41, 5.74) is 0.404. The molecule has 2 heteroatoms. The van der Waals surface area contributed by atoms with Gasteiger partial charge in [0, 0.05) is 6.42 Å². The number of rotatable bonds is 8. The quantitative estimate of drug-likeness (QED) is 0.507. The smallest absolute Gasteiger partial charge is 0.133 e. The molecule has 0 saturated carbocycles. The van der Waals surface area contributed by atoms with Crippen LogP contribution in [-0.4, -0.2) is 16.5 Å². The van der Waals surface area contributed by atoms with Gasteiger partial charge in [0.05, 0.1) is 5.60 Å². The molecule has 0 spiro atoms. The summed E-state index contributed by atoms with van der Waals surface area (Å²) in [6, 6.07) is 0. The number of unbranched alkanes of at least 4 members (excludes halogenated alkanes) is 2. The Labute approximate surface area is 99.1 Å². The lowest BCUT2D eigenvalue weighted by molar-refractivity contribution is -0.116. The lowest BCUT2D eigenvalue weighted by Gasteiger charge is -2.17. The maximum atomic E-state index is 10.8. The SMILES string of the molecule is C=CC(C)(O)CCCC/C=C(\C)CC(C)=O. The first kappa shape index (κ1) is 15.1. The van der Waals surface area contributed by atoms with Gasteiger partial charge in [0.2, 0.25) is 0 Å². The molecule has 0 aromatic heterocycles. The van der Waals surface area contributed by atoms with E-state index in [4.69, 9.17) is 0 Å². The standard InChI is InChI=1S/C14H24O2/c1-5-14(4,16)10-8-6-7-9-12(2)11-13(3)15/h5,9,16H,1,6-8,10-11H2,2-4H3/b12-9+. The maximum Gasteiger partial charge on any atom is 0.133 e. The van der Waals surface area contributed by atoms with Crippen LogP contribution in [0.25, 0.3) is 0 Å². The highest BCUT2D eigenvalue weighted by molar-refractivity contribution is 5.77. The van der Waals surface area contributed by atoms with Crippen LogP contribution in [0.4, 0.5) is 0 Å². The van der Waals surface area contributed by atoms with E-state index < -0.39 is 5.60 Å². The number of hydrogen-bond donors (Lipinski definition) is 1. The highest BCUT2D eigenvalue weighted by Crippen LogP contribution is 2.15. The molecule has 0 fully saturated rings. The molecule has 1 unspecified atom stereocenters. The molecule has 0 saturated heterocycles. The summed E-state index contributed by atoms with van der Waals surface area (Å²) < 4.78 is 0. The van der Waals surface area contributed by atoms with Crippen LogP contribution >= 0.6 is 0 Å². The topological polar surface area (TPSA) is 37.3 Å². The maximum absolute atomic E-state index is 10.8. The Morgan fingerprint density at radius 3 is 2.50 bits per heavy atom. The van der Waals surface area contributed by atoms with E-state index in [0.29, 0.717) is 6.42 Å². The van der Waals surface area contributed by atoms with E-state index in [9.17, 15) is 9.90 Å². The molecule has 2 nitrogen and oxygen atoms in total. The summed E-state index contributed by atoms with van der Waals surface area (Å²) in [5, 5.41) is 9.67. The Morgan fingerprint density at radius 1 is 1.38 bits per heavy atom. The molecule has 0 radical (unpaired) electrons. The molecule has 0 aromatic carbocycles. The second-order valence-corrected chi connectivity index (χ2v) is 4.74. The summed E-state index contributed by atoms with van der Waals surface area (Å²) in [5.74, 6) is 0.211. The van der Waals surface area contributed by atoms with E-state index in [2.05, 4.69) is 12.7 Å². The summed E-state index contributed by atoms with van der Waals surface area (Å²) in [6.45, 7) is 8.96. The van der Waals surface area contributed by atoms with E-state index in [-0.39, 0.29) is 5.78 Å². The van der Waals surface area contributed by atoms with Gasteiger partial charge in [0.25, 0.3) is 0 Å². The third-order valence-electron chi connectivity index (χ3n) is 2.60. The largest absolute Gasteiger partial charge is 0.386 e. The molecular formula is C14H24O2. The lowest BCUT2D eigenvalue weighted by atomic mass is 9.98. The van der Waals surface area contributed by atoms with E-state index in [1.807, 2.05) is 6.92 Å². The van der Waals surface area contributed by atoms with Crippen LogP contribution in [0.1, 0.15) is 52.9 Å². The predicted molar refractivity (Wildman–Crippen MR) is 68.3 cm³/mol. The molecule has 0 aliphatic carbocycles. The monoisotopic (exact) mass is 224 g/mol. The molecule has 1 N–H and O–H groups in total. The second-order valence-electron chi connectivity index (χ2n) is 4.74. The van der Waals surface area contributed by atoms with Gasteiger partial charge in [-0.25, -0.2) is 0 Å². The van der Waals surface area contributed by atoms with Gasteiger partial charge in [-0.3, -0.25) is 4.79 Å². The minimum atomic E-state index is -0.738. The van der Waals surface area contributed by atoms with Gasteiger partial charge >= 0.3 is 0 Å². The Morgan fingerprint density at radius 2 is 2.00 bits per heavy atom. The first-order valence-corrected chi connectivity index (χ1v) is 5.88. The van der Waals surface area contributed by atoms with Crippen LogP contribution < -0.4 is 0 Å². The summed E-state index contributed by atoms with van der Waals surface area (Å²) in [4.78, 5) is 10.8. The fourth-order valence-electron chi connectivity index (χ4n) is 1.54. The van der Waals surface area contributed by atoms with E-state index in [1.165, 1.54) is 0 Å². The van der Waals surface area contributed by atoms with Gasteiger partial charge in [0.1, 0.15) is 5.78 Å².